The second-order valence-corrected chi connectivity index (χ2v) is 5.69. The molecule has 0 amide bonds. The predicted molar refractivity (Wildman–Crippen MR) is 86.8 cm³/mol. The minimum absolute atomic E-state index is 0.328. The third-order valence-electron chi connectivity index (χ3n) is 3.89. The summed E-state index contributed by atoms with van der Waals surface area (Å²) in [5, 5.41) is 8.16. The summed E-state index contributed by atoms with van der Waals surface area (Å²) in [7, 11) is 0. The Bertz CT molecular complexity index is 1000. The van der Waals surface area contributed by atoms with Gasteiger partial charge in [-0.1, -0.05) is 0 Å². The highest BCUT2D eigenvalue weighted by Gasteiger charge is 2.20. The van der Waals surface area contributed by atoms with Gasteiger partial charge in [0.25, 0.3) is 6.43 Å². The fourth-order valence-electron chi connectivity index (χ4n) is 2.65. The van der Waals surface area contributed by atoms with E-state index in [1.807, 2.05) is 0 Å². The first kappa shape index (κ1) is 16.3. The SMILES string of the molecule is CC1=NNC(Cn2ncc3ncc(-c4ccc(F)c(C(F)F)c4)nc32)O1. The molecule has 1 aromatic carbocycles. The van der Waals surface area contributed by atoms with Crippen LogP contribution in [-0.4, -0.2) is 31.9 Å². The number of hydrogen-bond acceptors (Lipinski definition) is 6. The highest BCUT2D eigenvalue weighted by atomic mass is 19.3. The lowest BCUT2D eigenvalue weighted by molar-refractivity contribution is 0.146. The molecule has 1 unspecified atom stereocenters. The van der Waals surface area contributed by atoms with Crippen LogP contribution in [-0.2, 0) is 11.3 Å². The first-order valence-electron chi connectivity index (χ1n) is 7.74. The van der Waals surface area contributed by atoms with Crippen LogP contribution in [0.15, 0.2) is 35.7 Å². The van der Waals surface area contributed by atoms with Crippen molar-refractivity contribution in [1.29, 1.82) is 0 Å². The van der Waals surface area contributed by atoms with E-state index in [9.17, 15) is 13.2 Å². The van der Waals surface area contributed by atoms with Gasteiger partial charge < -0.3 is 4.74 Å². The third kappa shape index (κ3) is 2.93. The number of nitrogens with zero attached hydrogens (tertiary/aromatic N) is 5. The number of halogens is 3. The molecule has 10 heteroatoms. The maximum absolute atomic E-state index is 13.5. The first-order chi connectivity index (χ1) is 12.5. The van der Waals surface area contributed by atoms with Gasteiger partial charge in [-0.2, -0.15) is 5.10 Å². The van der Waals surface area contributed by atoms with E-state index in [2.05, 4.69) is 25.6 Å². The van der Waals surface area contributed by atoms with Crippen molar-refractivity contribution in [2.45, 2.75) is 26.1 Å². The van der Waals surface area contributed by atoms with E-state index in [0.29, 0.717) is 34.9 Å². The topological polar surface area (TPSA) is 77.2 Å². The highest BCUT2D eigenvalue weighted by Crippen LogP contribution is 2.27. The molecule has 0 fully saturated rings. The maximum atomic E-state index is 13.5. The molecule has 4 rings (SSSR count). The molecule has 7 nitrogen and oxygen atoms in total. The van der Waals surface area contributed by atoms with Gasteiger partial charge in [0.15, 0.2) is 5.65 Å². The van der Waals surface area contributed by atoms with Crippen LogP contribution < -0.4 is 5.43 Å². The van der Waals surface area contributed by atoms with Gasteiger partial charge in [0.2, 0.25) is 12.1 Å². The lowest BCUT2D eigenvalue weighted by Gasteiger charge is -2.11. The Labute approximate surface area is 145 Å². The van der Waals surface area contributed by atoms with Crippen molar-refractivity contribution in [2.24, 2.45) is 5.10 Å². The smallest absolute Gasteiger partial charge is 0.266 e. The number of ether oxygens (including phenoxy) is 1. The molecule has 0 saturated carbocycles. The van der Waals surface area contributed by atoms with E-state index in [1.165, 1.54) is 12.3 Å². The molecule has 1 aliphatic heterocycles. The number of alkyl halides is 2. The molecule has 1 N–H and O–H groups in total. The van der Waals surface area contributed by atoms with Gasteiger partial charge in [-0.05, 0) is 18.2 Å². The molecule has 3 aromatic rings. The van der Waals surface area contributed by atoms with Gasteiger partial charge in [-0.3, -0.25) is 5.43 Å². The normalized spacial score (nSPS) is 16.7. The zero-order chi connectivity index (χ0) is 18.3. The molecule has 26 heavy (non-hydrogen) atoms. The van der Waals surface area contributed by atoms with E-state index in [1.54, 1.807) is 17.8 Å². The van der Waals surface area contributed by atoms with Crippen molar-refractivity contribution >= 4 is 17.1 Å². The summed E-state index contributed by atoms with van der Waals surface area (Å²) in [6, 6.07) is 3.46. The summed E-state index contributed by atoms with van der Waals surface area (Å²) in [4.78, 5) is 8.69. The second-order valence-electron chi connectivity index (χ2n) is 5.69. The largest absolute Gasteiger partial charge is 0.453 e. The summed E-state index contributed by atoms with van der Waals surface area (Å²) in [6.07, 6.45) is -0.316. The van der Waals surface area contributed by atoms with Crippen molar-refractivity contribution in [3.63, 3.8) is 0 Å². The molecule has 1 atom stereocenters. The molecule has 0 spiro atoms. The van der Waals surface area contributed by atoms with E-state index < -0.39 is 17.8 Å². The second kappa shape index (κ2) is 6.28. The van der Waals surface area contributed by atoms with Gasteiger partial charge in [0.1, 0.15) is 17.9 Å². The summed E-state index contributed by atoms with van der Waals surface area (Å²) in [6.45, 7) is 2.05. The van der Waals surface area contributed by atoms with E-state index in [4.69, 9.17) is 4.74 Å². The zero-order valence-electron chi connectivity index (χ0n) is 13.5. The predicted octanol–water partition coefficient (Wildman–Crippen LogP) is 2.85. The van der Waals surface area contributed by atoms with Gasteiger partial charge >= 0.3 is 0 Å². The molecule has 0 saturated heterocycles. The van der Waals surface area contributed by atoms with Crippen LogP contribution in [0.2, 0.25) is 0 Å². The average Bonchev–Trinajstić information content (AvgIpc) is 3.21. The number of hydrogen-bond donors (Lipinski definition) is 1. The number of benzene rings is 1. The number of aromatic nitrogens is 4. The summed E-state index contributed by atoms with van der Waals surface area (Å²) in [5.41, 5.74) is 3.83. The van der Waals surface area contributed by atoms with Crippen molar-refractivity contribution in [3.8, 4) is 11.3 Å². The van der Waals surface area contributed by atoms with E-state index in [-0.39, 0.29) is 6.23 Å². The third-order valence-corrected chi connectivity index (χ3v) is 3.89. The van der Waals surface area contributed by atoms with Crippen molar-refractivity contribution < 1.29 is 17.9 Å². The van der Waals surface area contributed by atoms with E-state index in [0.717, 1.165) is 12.1 Å². The monoisotopic (exact) mass is 362 g/mol. The number of fused-ring (bicyclic) bond motifs is 1. The minimum atomic E-state index is -2.91. The number of hydrazone groups is 1. The van der Waals surface area contributed by atoms with Crippen LogP contribution in [0.3, 0.4) is 0 Å². The maximum Gasteiger partial charge on any atom is 0.266 e. The lowest BCUT2D eigenvalue weighted by atomic mass is 10.1. The summed E-state index contributed by atoms with van der Waals surface area (Å²) in [5.74, 6) is -0.438. The fraction of sp³-hybridized carbons (Fsp3) is 0.250. The van der Waals surface area contributed by atoms with Crippen LogP contribution in [0.1, 0.15) is 18.9 Å². The average molecular weight is 362 g/mol. The Morgan fingerprint density at radius 2 is 2.15 bits per heavy atom. The standard InChI is InChI=1S/C16H13F3N6O/c1-8-23-24-14(26-8)7-25-16-13(6-21-25)20-5-12(22-16)9-2-3-11(17)10(4-9)15(18)19/h2-6,14-15,24H,7H2,1H3. The van der Waals surface area contributed by atoms with Crippen molar-refractivity contribution in [3.05, 3.63) is 42.0 Å². The van der Waals surface area contributed by atoms with E-state index >= 15 is 0 Å². The minimum Gasteiger partial charge on any atom is -0.453 e. The lowest BCUT2D eigenvalue weighted by Crippen LogP contribution is -2.28. The molecule has 2 aromatic heterocycles. The fourth-order valence-corrected chi connectivity index (χ4v) is 2.65. The van der Waals surface area contributed by atoms with Crippen molar-refractivity contribution in [1.82, 2.24) is 25.2 Å². The number of nitrogens with one attached hydrogen (secondary N) is 1. The van der Waals surface area contributed by atoms with Crippen LogP contribution in [0.4, 0.5) is 13.2 Å². The van der Waals surface area contributed by atoms with Crippen LogP contribution in [0, 0.1) is 5.82 Å². The quantitative estimate of drug-likeness (QED) is 0.772. The Kier molecular flexibility index (Phi) is 3.94. The molecule has 1 aliphatic rings. The number of rotatable bonds is 4. The van der Waals surface area contributed by atoms with Gasteiger partial charge in [-0.15, -0.1) is 5.10 Å². The zero-order valence-corrected chi connectivity index (χ0v) is 13.5. The molecule has 134 valence electrons. The summed E-state index contributed by atoms with van der Waals surface area (Å²) < 4.78 is 46.4. The van der Waals surface area contributed by atoms with Gasteiger partial charge in [0, 0.05) is 12.5 Å². The van der Waals surface area contributed by atoms with Crippen LogP contribution in [0.25, 0.3) is 22.4 Å². The molecular weight excluding hydrogens is 349 g/mol. The highest BCUT2D eigenvalue weighted by molar-refractivity contribution is 5.74. The Morgan fingerprint density at radius 3 is 2.88 bits per heavy atom. The van der Waals surface area contributed by atoms with Gasteiger partial charge in [0.05, 0.1) is 23.7 Å². The summed E-state index contributed by atoms with van der Waals surface area (Å²) >= 11 is 0. The molecule has 0 radical (unpaired) electrons. The van der Waals surface area contributed by atoms with Crippen LogP contribution >= 0.6 is 0 Å². The molecule has 0 bridgehead atoms. The molecule has 3 heterocycles. The molecule has 0 aliphatic carbocycles. The Morgan fingerprint density at radius 1 is 1.31 bits per heavy atom. The van der Waals surface area contributed by atoms with Crippen LogP contribution in [0.5, 0.6) is 0 Å². The first-order valence-corrected chi connectivity index (χ1v) is 7.74. The van der Waals surface area contributed by atoms with Crippen molar-refractivity contribution in [2.75, 3.05) is 0 Å². The van der Waals surface area contributed by atoms with Gasteiger partial charge in [-0.25, -0.2) is 27.8 Å². The Balaban J connectivity index is 1.69. The Hall–Kier alpha value is -3.17. The molecular formula is C16H13F3N6O.